The zero-order chi connectivity index (χ0) is 25.7. The average molecular weight is 501 g/mol. The van der Waals surface area contributed by atoms with Crippen molar-refractivity contribution in [3.05, 3.63) is 65.7 Å². The first-order valence-electron chi connectivity index (χ1n) is 11.5. The van der Waals surface area contributed by atoms with Crippen molar-refractivity contribution in [2.75, 3.05) is 49.5 Å². The lowest BCUT2D eigenvalue weighted by molar-refractivity contribution is -0.274. The maximum Gasteiger partial charge on any atom is 0.573 e. The molecule has 190 valence electrons. The number of rotatable bonds is 7. The summed E-state index contributed by atoms with van der Waals surface area (Å²) in [5.74, 6) is 0.222. The molecular formula is C26H27F3N4O3. The van der Waals surface area contributed by atoms with Gasteiger partial charge in [-0.3, -0.25) is 9.69 Å². The van der Waals surface area contributed by atoms with E-state index in [4.69, 9.17) is 10.1 Å². The molecule has 4 rings (SSSR count). The lowest BCUT2D eigenvalue weighted by Gasteiger charge is -2.35. The predicted octanol–water partition coefficient (Wildman–Crippen LogP) is 4.21. The molecule has 0 saturated carbocycles. The highest BCUT2D eigenvalue weighted by molar-refractivity contribution is 6.03. The third-order valence-electron chi connectivity index (χ3n) is 5.92. The van der Waals surface area contributed by atoms with Crippen LogP contribution in [0.4, 0.5) is 24.7 Å². The standard InChI is InChI=1S/C26H27F3N4O3/c1-18-16-24(33-12-10-32(11-13-33)14-15-34)31-23-8-5-20(17-22(18)23)30-25(35)9-4-19-2-6-21(7-3-19)36-26(27,28)29/h2-9,16-17,34H,10-15H2,1H3,(H,30,35). The zero-order valence-electron chi connectivity index (χ0n) is 19.8. The summed E-state index contributed by atoms with van der Waals surface area (Å²) in [7, 11) is 0. The fourth-order valence-electron chi connectivity index (χ4n) is 4.09. The van der Waals surface area contributed by atoms with Gasteiger partial charge in [0.05, 0.1) is 12.1 Å². The van der Waals surface area contributed by atoms with Gasteiger partial charge in [-0.25, -0.2) is 4.98 Å². The second kappa shape index (κ2) is 11.0. The summed E-state index contributed by atoms with van der Waals surface area (Å²) in [5, 5.41) is 12.9. The molecule has 10 heteroatoms. The van der Waals surface area contributed by atoms with Gasteiger partial charge >= 0.3 is 6.36 Å². The summed E-state index contributed by atoms with van der Waals surface area (Å²) in [6.45, 7) is 6.30. The molecule has 1 aliphatic heterocycles. The number of carbonyl (C=O) groups is 1. The molecular weight excluding hydrogens is 473 g/mol. The molecule has 0 radical (unpaired) electrons. The number of hydrogen-bond acceptors (Lipinski definition) is 6. The van der Waals surface area contributed by atoms with Crippen molar-refractivity contribution in [3.63, 3.8) is 0 Å². The van der Waals surface area contributed by atoms with Crippen molar-refractivity contribution >= 4 is 34.4 Å². The van der Waals surface area contributed by atoms with Crippen molar-refractivity contribution < 1.29 is 27.8 Å². The van der Waals surface area contributed by atoms with Crippen molar-refractivity contribution in [1.29, 1.82) is 0 Å². The Labute approximate surface area is 206 Å². The van der Waals surface area contributed by atoms with Gasteiger partial charge in [-0.2, -0.15) is 0 Å². The van der Waals surface area contributed by atoms with Crippen LogP contribution in [0.1, 0.15) is 11.1 Å². The van der Waals surface area contributed by atoms with Gasteiger partial charge in [-0.1, -0.05) is 12.1 Å². The number of fused-ring (bicyclic) bond motifs is 1. The van der Waals surface area contributed by atoms with Crippen LogP contribution in [0.2, 0.25) is 0 Å². The van der Waals surface area contributed by atoms with E-state index in [0.29, 0.717) is 17.8 Å². The van der Waals surface area contributed by atoms with Crippen LogP contribution in [-0.4, -0.2) is 66.6 Å². The lowest BCUT2D eigenvalue weighted by Crippen LogP contribution is -2.47. The van der Waals surface area contributed by atoms with Crippen LogP contribution in [-0.2, 0) is 4.79 Å². The fraction of sp³-hybridized carbons (Fsp3) is 0.308. The number of pyridine rings is 1. The maximum absolute atomic E-state index is 12.4. The molecule has 1 amide bonds. The maximum atomic E-state index is 12.4. The Morgan fingerprint density at radius 2 is 1.83 bits per heavy atom. The van der Waals surface area contributed by atoms with E-state index in [1.165, 1.54) is 36.4 Å². The van der Waals surface area contributed by atoms with E-state index in [1.807, 2.05) is 25.1 Å². The van der Waals surface area contributed by atoms with E-state index in [9.17, 15) is 18.0 Å². The Balaban J connectivity index is 1.39. The minimum atomic E-state index is -4.75. The molecule has 0 unspecified atom stereocenters. The number of nitrogens with one attached hydrogen (secondary N) is 1. The topological polar surface area (TPSA) is 77.9 Å². The number of benzene rings is 2. The summed E-state index contributed by atoms with van der Waals surface area (Å²) in [6.07, 6.45) is -1.93. The van der Waals surface area contributed by atoms with Crippen molar-refractivity contribution in [2.45, 2.75) is 13.3 Å². The first-order chi connectivity index (χ1) is 17.2. The molecule has 3 aromatic rings. The summed E-state index contributed by atoms with van der Waals surface area (Å²) in [6, 6.07) is 12.8. The summed E-state index contributed by atoms with van der Waals surface area (Å²) >= 11 is 0. The summed E-state index contributed by atoms with van der Waals surface area (Å²) in [5.41, 5.74) is 3.04. The SMILES string of the molecule is Cc1cc(N2CCN(CCO)CC2)nc2ccc(NC(=O)C=Cc3ccc(OC(F)(F)F)cc3)cc12. The molecule has 7 nitrogen and oxygen atoms in total. The summed E-state index contributed by atoms with van der Waals surface area (Å²) < 4.78 is 40.6. The molecule has 0 bridgehead atoms. The normalized spacial score (nSPS) is 15.0. The molecule has 0 aliphatic carbocycles. The monoisotopic (exact) mass is 500 g/mol. The average Bonchev–Trinajstić information content (AvgIpc) is 2.84. The number of halogens is 3. The van der Waals surface area contributed by atoms with Gasteiger partial charge < -0.3 is 20.1 Å². The number of hydrogen-bond donors (Lipinski definition) is 2. The molecule has 36 heavy (non-hydrogen) atoms. The number of β-amino-alcohol motifs (C(OH)–C–C–N with tert-alkyl or cyclic N) is 1. The third kappa shape index (κ3) is 6.73. The van der Waals surface area contributed by atoms with Gasteiger partial charge in [0.1, 0.15) is 11.6 Å². The Hall–Kier alpha value is -3.63. The van der Waals surface area contributed by atoms with E-state index in [1.54, 1.807) is 6.07 Å². The smallest absolute Gasteiger partial charge is 0.406 e. The fourth-order valence-corrected chi connectivity index (χ4v) is 4.09. The van der Waals surface area contributed by atoms with Gasteiger partial charge in [-0.05, 0) is 60.5 Å². The van der Waals surface area contributed by atoms with Gasteiger partial charge in [-0.15, -0.1) is 13.2 Å². The van der Waals surface area contributed by atoms with Gasteiger partial charge in [0.25, 0.3) is 0 Å². The first kappa shape index (κ1) is 25.5. The van der Waals surface area contributed by atoms with E-state index in [-0.39, 0.29) is 18.3 Å². The van der Waals surface area contributed by atoms with E-state index >= 15 is 0 Å². The minimum absolute atomic E-state index is 0.163. The van der Waals surface area contributed by atoms with E-state index in [2.05, 4.69) is 19.9 Å². The van der Waals surface area contributed by atoms with Crippen LogP contribution in [0, 0.1) is 6.92 Å². The second-order valence-electron chi connectivity index (χ2n) is 8.52. The number of carbonyl (C=O) groups excluding carboxylic acids is 1. The number of aliphatic hydroxyl groups excluding tert-OH is 1. The van der Waals surface area contributed by atoms with Gasteiger partial charge in [0.2, 0.25) is 5.91 Å². The van der Waals surface area contributed by atoms with E-state index < -0.39 is 6.36 Å². The highest BCUT2D eigenvalue weighted by atomic mass is 19.4. The molecule has 1 saturated heterocycles. The number of anilines is 2. The minimum Gasteiger partial charge on any atom is -0.406 e. The van der Waals surface area contributed by atoms with Crippen LogP contribution in [0.5, 0.6) is 5.75 Å². The van der Waals surface area contributed by atoms with Crippen LogP contribution in [0.15, 0.2) is 54.6 Å². The van der Waals surface area contributed by atoms with Crippen LogP contribution in [0.3, 0.4) is 0 Å². The Morgan fingerprint density at radius 3 is 2.50 bits per heavy atom. The molecule has 1 fully saturated rings. The molecule has 2 heterocycles. The number of ether oxygens (including phenoxy) is 1. The number of nitrogens with zero attached hydrogens (tertiary/aromatic N) is 3. The molecule has 2 aromatic carbocycles. The Morgan fingerprint density at radius 1 is 1.11 bits per heavy atom. The van der Waals surface area contributed by atoms with Crippen LogP contribution >= 0.6 is 0 Å². The third-order valence-corrected chi connectivity index (χ3v) is 5.92. The van der Waals surface area contributed by atoms with Crippen molar-refractivity contribution in [3.8, 4) is 5.75 Å². The van der Waals surface area contributed by atoms with Gasteiger partial charge in [0.15, 0.2) is 0 Å². The first-order valence-corrected chi connectivity index (χ1v) is 11.5. The number of piperazine rings is 1. The number of amides is 1. The summed E-state index contributed by atoms with van der Waals surface area (Å²) in [4.78, 5) is 21.7. The van der Waals surface area contributed by atoms with Crippen molar-refractivity contribution in [1.82, 2.24) is 9.88 Å². The molecule has 1 aliphatic rings. The lowest BCUT2D eigenvalue weighted by atomic mass is 10.1. The van der Waals surface area contributed by atoms with Crippen LogP contribution < -0.4 is 15.0 Å². The molecule has 2 N–H and O–H groups in total. The second-order valence-corrected chi connectivity index (χ2v) is 8.52. The highest BCUT2D eigenvalue weighted by Gasteiger charge is 2.30. The van der Waals surface area contributed by atoms with Gasteiger partial charge in [0, 0.05) is 49.9 Å². The zero-order valence-corrected chi connectivity index (χ0v) is 19.8. The van der Waals surface area contributed by atoms with Crippen LogP contribution in [0.25, 0.3) is 17.0 Å². The Bertz CT molecular complexity index is 1240. The number of aryl methyl sites for hydroxylation is 1. The number of alkyl halides is 3. The van der Waals surface area contributed by atoms with E-state index in [0.717, 1.165) is 48.5 Å². The number of aliphatic hydroxyl groups is 1. The molecule has 0 spiro atoms. The quantitative estimate of drug-likeness (QED) is 0.474. The predicted molar refractivity (Wildman–Crippen MR) is 133 cm³/mol. The Kier molecular flexibility index (Phi) is 7.76. The highest BCUT2D eigenvalue weighted by Crippen LogP contribution is 2.26. The number of aromatic nitrogens is 1. The molecule has 0 atom stereocenters. The largest absolute Gasteiger partial charge is 0.573 e. The van der Waals surface area contributed by atoms with Crippen molar-refractivity contribution in [2.24, 2.45) is 0 Å². The molecule has 1 aromatic heterocycles.